The quantitative estimate of drug-likeness (QED) is 0.433. The van der Waals surface area contributed by atoms with Gasteiger partial charge in [-0.2, -0.15) is 0 Å². The van der Waals surface area contributed by atoms with Crippen molar-refractivity contribution in [1.29, 1.82) is 0 Å². The molecule has 1 aliphatic rings. The molecule has 0 aliphatic carbocycles. The highest BCUT2D eigenvalue weighted by molar-refractivity contribution is 5.65. The Morgan fingerprint density at radius 2 is 2.00 bits per heavy atom. The van der Waals surface area contributed by atoms with Crippen molar-refractivity contribution < 1.29 is 14.8 Å². The molecular formula is C6H12N2O3. The minimum atomic E-state index is -0.813. The lowest BCUT2D eigenvalue weighted by Gasteiger charge is -2.23. The molecule has 0 aromatic rings. The fourth-order valence-electron chi connectivity index (χ4n) is 1.09. The van der Waals surface area contributed by atoms with Crippen LogP contribution in [-0.2, 0) is 4.84 Å². The van der Waals surface area contributed by atoms with Crippen LogP contribution in [0.3, 0.4) is 0 Å². The molecule has 1 fully saturated rings. The Kier molecular flexibility index (Phi) is 3.13. The monoisotopic (exact) mass is 160 g/mol. The maximum absolute atomic E-state index is 10.5. The number of piperidine rings is 1. The molecule has 1 saturated heterocycles. The molecular weight excluding hydrogens is 148 g/mol. The Morgan fingerprint density at radius 1 is 1.36 bits per heavy atom. The third-order valence-electron chi connectivity index (χ3n) is 1.62. The topological polar surface area (TPSA) is 61.8 Å². The standard InChI is InChI=1S/C6H12N2O3/c9-6(7-10)11-8-4-2-1-3-5-8/h10H,1-5H2,(H,7,9). The lowest BCUT2D eigenvalue weighted by atomic mass is 10.2. The third-order valence-corrected chi connectivity index (χ3v) is 1.62. The molecule has 0 bridgehead atoms. The van der Waals surface area contributed by atoms with Gasteiger partial charge in [-0.15, -0.1) is 5.06 Å². The Hall–Kier alpha value is -0.810. The molecule has 0 saturated carbocycles. The van der Waals surface area contributed by atoms with Gasteiger partial charge in [0.05, 0.1) is 0 Å². The van der Waals surface area contributed by atoms with Crippen molar-refractivity contribution >= 4 is 6.09 Å². The molecule has 1 rings (SSSR count). The van der Waals surface area contributed by atoms with Gasteiger partial charge in [-0.3, -0.25) is 5.21 Å². The summed E-state index contributed by atoms with van der Waals surface area (Å²) in [5.41, 5.74) is 1.41. The minimum absolute atomic E-state index is 0.757. The zero-order valence-electron chi connectivity index (χ0n) is 6.25. The molecule has 1 amide bonds. The van der Waals surface area contributed by atoms with Gasteiger partial charge in [0.25, 0.3) is 0 Å². The second-order valence-corrected chi connectivity index (χ2v) is 2.48. The zero-order valence-corrected chi connectivity index (χ0v) is 6.25. The molecule has 5 nitrogen and oxygen atoms in total. The van der Waals surface area contributed by atoms with E-state index < -0.39 is 6.09 Å². The van der Waals surface area contributed by atoms with Crippen LogP contribution >= 0.6 is 0 Å². The first-order valence-electron chi connectivity index (χ1n) is 3.70. The molecule has 0 aromatic carbocycles. The summed E-state index contributed by atoms with van der Waals surface area (Å²) in [4.78, 5) is 15.1. The van der Waals surface area contributed by atoms with E-state index in [2.05, 4.69) is 4.84 Å². The SMILES string of the molecule is O=C(NO)ON1CCCCC1. The Morgan fingerprint density at radius 3 is 2.55 bits per heavy atom. The summed E-state index contributed by atoms with van der Waals surface area (Å²) in [7, 11) is 0. The third kappa shape index (κ3) is 2.73. The van der Waals surface area contributed by atoms with E-state index in [-0.39, 0.29) is 0 Å². The average molecular weight is 160 g/mol. The normalized spacial score (nSPS) is 19.4. The molecule has 1 heterocycles. The van der Waals surface area contributed by atoms with E-state index in [0.717, 1.165) is 25.9 Å². The molecule has 0 spiro atoms. The molecule has 0 radical (unpaired) electrons. The Bertz CT molecular complexity index is 134. The van der Waals surface area contributed by atoms with Crippen molar-refractivity contribution in [2.24, 2.45) is 0 Å². The smallest absolute Gasteiger partial charge is 0.350 e. The number of rotatable bonds is 1. The second-order valence-electron chi connectivity index (χ2n) is 2.48. The van der Waals surface area contributed by atoms with Crippen LogP contribution in [0.5, 0.6) is 0 Å². The molecule has 0 aromatic heterocycles. The van der Waals surface area contributed by atoms with Gasteiger partial charge in [-0.1, -0.05) is 6.42 Å². The highest BCUT2D eigenvalue weighted by Gasteiger charge is 2.13. The number of hydroxylamine groups is 3. The first kappa shape index (κ1) is 8.29. The summed E-state index contributed by atoms with van der Waals surface area (Å²) in [5, 5.41) is 9.66. The van der Waals surface area contributed by atoms with E-state index in [1.54, 1.807) is 5.06 Å². The first-order chi connectivity index (χ1) is 5.33. The maximum atomic E-state index is 10.5. The first-order valence-corrected chi connectivity index (χ1v) is 3.70. The highest BCUT2D eigenvalue weighted by atomic mass is 16.7. The van der Waals surface area contributed by atoms with E-state index in [4.69, 9.17) is 5.21 Å². The molecule has 11 heavy (non-hydrogen) atoms. The number of nitrogens with zero attached hydrogens (tertiary/aromatic N) is 1. The van der Waals surface area contributed by atoms with Gasteiger partial charge in [0.2, 0.25) is 0 Å². The van der Waals surface area contributed by atoms with E-state index in [0.29, 0.717) is 0 Å². The van der Waals surface area contributed by atoms with Crippen LogP contribution < -0.4 is 5.48 Å². The van der Waals surface area contributed by atoms with E-state index in [9.17, 15) is 4.79 Å². The van der Waals surface area contributed by atoms with Gasteiger partial charge in [0.1, 0.15) is 0 Å². The summed E-state index contributed by atoms with van der Waals surface area (Å²) in [6, 6.07) is 0. The number of carbonyl (C=O) groups is 1. The Labute approximate surface area is 64.8 Å². The van der Waals surface area contributed by atoms with Gasteiger partial charge >= 0.3 is 6.09 Å². The van der Waals surface area contributed by atoms with Crippen molar-refractivity contribution in [2.75, 3.05) is 13.1 Å². The van der Waals surface area contributed by atoms with Crippen molar-refractivity contribution in [3.8, 4) is 0 Å². The summed E-state index contributed by atoms with van der Waals surface area (Å²) in [6.07, 6.45) is 2.45. The maximum Gasteiger partial charge on any atom is 0.450 e. The largest absolute Gasteiger partial charge is 0.450 e. The predicted octanol–water partition coefficient (Wildman–Crippen LogP) is 0.503. The average Bonchev–Trinajstić information content (AvgIpc) is 2.06. The van der Waals surface area contributed by atoms with Gasteiger partial charge in [-0.25, -0.2) is 10.3 Å². The molecule has 2 N–H and O–H groups in total. The zero-order chi connectivity index (χ0) is 8.10. The fraction of sp³-hybridized carbons (Fsp3) is 0.833. The molecule has 0 atom stereocenters. The highest BCUT2D eigenvalue weighted by Crippen LogP contribution is 2.08. The molecule has 1 aliphatic heterocycles. The van der Waals surface area contributed by atoms with E-state index in [1.807, 2.05) is 0 Å². The number of carbonyl (C=O) groups excluding carboxylic acids is 1. The van der Waals surface area contributed by atoms with Crippen molar-refractivity contribution in [1.82, 2.24) is 10.5 Å². The summed E-state index contributed by atoms with van der Waals surface area (Å²) < 4.78 is 0. The molecule has 5 heteroatoms. The van der Waals surface area contributed by atoms with Crippen LogP contribution in [0.15, 0.2) is 0 Å². The van der Waals surface area contributed by atoms with Crippen LogP contribution in [0.4, 0.5) is 4.79 Å². The number of amides is 1. The summed E-state index contributed by atoms with van der Waals surface area (Å²) in [6.45, 7) is 1.51. The van der Waals surface area contributed by atoms with Crippen LogP contribution in [-0.4, -0.2) is 29.5 Å². The van der Waals surface area contributed by atoms with Crippen molar-refractivity contribution in [3.63, 3.8) is 0 Å². The number of nitrogens with one attached hydrogen (secondary N) is 1. The lowest BCUT2D eigenvalue weighted by Crippen LogP contribution is -2.35. The van der Waals surface area contributed by atoms with E-state index >= 15 is 0 Å². The minimum Gasteiger partial charge on any atom is -0.350 e. The second kappa shape index (κ2) is 4.15. The van der Waals surface area contributed by atoms with Gasteiger partial charge in [0, 0.05) is 13.1 Å². The van der Waals surface area contributed by atoms with Crippen LogP contribution in [0.1, 0.15) is 19.3 Å². The van der Waals surface area contributed by atoms with Crippen LogP contribution in [0, 0.1) is 0 Å². The van der Waals surface area contributed by atoms with Gasteiger partial charge in [-0.05, 0) is 12.8 Å². The number of hydrogen-bond acceptors (Lipinski definition) is 4. The lowest BCUT2D eigenvalue weighted by molar-refractivity contribution is -0.120. The Balaban J connectivity index is 2.19. The van der Waals surface area contributed by atoms with Gasteiger partial charge < -0.3 is 4.84 Å². The van der Waals surface area contributed by atoms with Crippen LogP contribution in [0.2, 0.25) is 0 Å². The van der Waals surface area contributed by atoms with Crippen molar-refractivity contribution in [2.45, 2.75) is 19.3 Å². The molecule has 0 unspecified atom stereocenters. The van der Waals surface area contributed by atoms with Gasteiger partial charge in [0.15, 0.2) is 0 Å². The predicted molar refractivity (Wildman–Crippen MR) is 36.8 cm³/mol. The molecule has 64 valence electrons. The number of hydrogen-bond donors (Lipinski definition) is 2. The van der Waals surface area contributed by atoms with Crippen molar-refractivity contribution in [3.05, 3.63) is 0 Å². The van der Waals surface area contributed by atoms with E-state index in [1.165, 1.54) is 11.9 Å². The summed E-state index contributed by atoms with van der Waals surface area (Å²) in [5.74, 6) is 0. The summed E-state index contributed by atoms with van der Waals surface area (Å²) >= 11 is 0. The van der Waals surface area contributed by atoms with Crippen LogP contribution in [0.25, 0.3) is 0 Å². The fourth-order valence-corrected chi connectivity index (χ4v) is 1.09.